The van der Waals surface area contributed by atoms with E-state index in [1.165, 1.54) is 0 Å². The number of hydrogen-bond donors (Lipinski definition) is 2. The summed E-state index contributed by atoms with van der Waals surface area (Å²) in [6.45, 7) is 0.277. The normalized spacial score (nSPS) is 21.6. The number of aromatic nitrogens is 3. The van der Waals surface area contributed by atoms with Gasteiger partial charge in [-0.05, 0) is 24.3 Å². The third-order valence-electron chi connectivity index (χ3n) is 3.66. The molecular weight excluding hydrogens is 288 g/mol. The lowest BCUT2D eigenvalue weighted by atomic mass is 10.0. The zero-order valence-corrected chi connectivity index (χ0v) is 12.6. The van der Waals surface area contributed by atoms with Crippen LogP contribution < -0.4 is 5.32 Å². The number of nitrogens with zero attached hydrogens (tertiary/aromatic N) is 3. The Morgan fingerprint density at radius 2 is 2.29 bits per heavy atom. The minimum atomic E-state index is -0.782. The maximum Gasteiger partial charge on any atom is 0.256 e. The van der Waals surface area contributed by atoms with Crippen molar-refractivity contribution in [3.63, 3.8) is 0 Å². The molecular formula is C14H18N4O2S. The second-order valence-electron chi connectivity index (χ2n) is 5.31. The van der Waals surface area contributed by atoms with E-state index < -0.39 is 5.60 Å². The van der Waals surface area contributed by atoms with Crippen LogP contribution in [0.1, 0.15) is 16.8 Å². The van der Waals surface area contributed by atoms with Crippen molar-refractivity contribution in [3.8, 4) is 5.82 Å². The van der Waals surface area contributed by atoms with Gasteiger partial charge in [0.05, 0.1) is 11.8 Å². The van der Waals surface area contributed by atoms with Gasteiger partial charge in [0.25, 0.3) is 5.91 Å². The topological polar surface area (TPSA) is 72.1 Å². The number of aryl methyl sites for hydroxylation is 1. The predicted molar refractivity (Wildman–Crippen MR) is 81.8 cm³/mol. The number of carbonyl (C=O) groups excluding carboxylic acids is 1. The summed E-state index contributed by atoms with van der Waals surface area (Å²) >= 11 is 1.71. The Balaban J connectivity index is 1.76. The number of hydrogen-bond acceptors (Lipinski definition) is 4. The van der Waals surface area contributed by atoms with Gasteiger partial charge in [-0.25, -0.2) is 0 Å². The maximum atomic E-state index is 12.4. The van der Waals surface area contributed by atoms with Crippen LogP contribution in [0.4, 0.5) is 0 Å². The molecule has 0 saturated carbocycles. The molecule has 0 aromatic carbocycles. The summed E-state index contributed by atoms with van der Waals surface area (Å²) in [5.41, 5.74) is -0.279. The first kappa shape index (κ1) is 14.2. The van der Waals surface area contributed by atoms with Crippen molar-refractivity contribution in [1.82, 2.24) is 19.7 Å². The van der Waals surface area contributed by atoms with Crippen LogP contribution in [0.2, 0.25) is 0 Å². The number of aliphatic hydroxyl groups is 1. The van der Waals surface area contributed by atoms with Crippen LogP contribution in [0.3, 0.4) is 0 Å². The molecule has 2 aromatic heterocycles. The first-order valence-corrected chi connectivity index (χ1v) is 7.98. The summed E-state index contributed by atoms with van der Waals surface area (Å²) in [6, 6.07) is 3.79. The molecule has 1 fully saturated rings. The Morgan fingerprint density at radius 1 is 1.52 bits per heavy atom. The van der Waals surface area contributed by atoms with Crippen LogP contribution in [-0.2, 0) is 7.05 Å². The molecule has 0 aliphatic carbocycles. The molecule has 6 nitrogen and oxygen atoms in total. The fraction of sp³-hybridized carbons (Fsp3) is 0.429. The van der Waals surface area contributed by atoms with Crippen molar-refractivity contribution in [3.05, 3.63) is 36.3 Å². The van der Waals surface area contributed by atoms with Crippen molar-refractivity contribution in [2.75, 3.05) is 18.1 Å². The number of carbonyl (C=O) groups is 1. The molecule has 112 valence electrons. The molecule has 7 heteroatoms. The van der Waals surface area contributed by atoms with Crippen molar-refractivity contribution in [2.24, 2.45) is 7.05 Å². The van der Waals surface area contributed by atoms with Gasteiger partial charge in [0.1, 0.15) is 11.4 Å². The molecule has 1 unspecified atom stereocenters. The smallest absolute Gasteiger partial charge is 0.256 e. The van der Waals surface area contributed by atoms with Crippen molar-refractivity contribution in [2.45, 2.75) is 12.0 Å². The van der Waals surface area contributed by atoms with Gasteiger partial charge in [0.15, 0.2) is 0 Å². The van der Waals surface area contributed by atoms with E-state index in [2.05, 4.69) is 10.4 Å². The van der Waals surface area contributed by atoms with E-state index in [1.54, 1.807) is 29.7 Å². The highest BCUT2D eigenvalue weighted by atomic mass is 32.2. The van der Waals surface area contributed by atoms with E-state index in [1.807, 2.05) is 29.1 Å². The second-order valence-corrected chi connectivity index (χ2v) is 6.41. The second kappa shape index (κ2) is 5.57. The predicted octanol–water partition coefficient (Wildman–Crippen LogP) is 0.809. The highest BCUT2D eigenvalue weighted by Crippen LogP contribution is 2.27. The van der Waals surface area contributed by atoms with Gasteiger partial charge in [-0.3, -0.25) is 9.48 Å². The van der Waals surface area contributed by atoms with Gasteiger partial charge in [-0.1, -0.05) is 0 Å². The fourth-order valence-corrected chi connectivity index (χ4v) is 3.74. The van der Waals surface area contributed by atoms with Crippen LogP contribution in [0.15, 0.2) is 30.7 Å². The van der Waals surface area contributed by atoms with Gasteiger partial charge >= 0.3 is 0 Å². The standard InChI is InChI=1S/C14H18N4O2S/c1-17-13(18-5-2-3-6-18)11(8-16-17)12(19)15-9-14(20)4-7-21-10-14/h2-3,5-6,8,20H,4,7,9-10H2,1H3,(H,15,19). The van der Waals surface area contributed by atoms with Crippen LogP contribution in [0, 0.1) is 0 Å². The molecule has 1 saturated heterocycles. The molecule has 1 aliphatic heterocycles. The van der Waals surface area contributed by atoms with Crippen LogP contribution >= 0.6 is 11.8 Å². The van der Waals surface area contributed by atoms with Crippen LogP contribution in [0.5, 0.6) is 0 Å². The lowest BCUT2D eigenvalue weighted by Gasteiger charge is -2.21. The van der Waals surface area contributed by atoms with Crippen molar-refractivity contribution >= 4 is 17.7 Å². The SMILES string of the molecule is Cn1ncc(C(=O)NCC2(O)CCSC2)c1-n1cccc1. The van der Waals surface area contributed by atoms with Gasteiger partial charge < -0.3 is 15.0 Å². The Hall–Kier alpha value is -1.73. The van der Waals surface area contributed by atoms with E-state index in [-0.39, 0.29) is 12.5 Å². The first-order valence-electron chi connectivity index (χ1n) is 6.83. The molecule has 3 heterocycles. The van der Waals surface area contributed by atoms with Gasteiger partial charge in [0, 0.05) is 31.7 Å². The number of rotatable bonds is 4. The van der Waals surface area contributed by atoms with E-state index in [9.17, 15) is 9.90 Å². The summed E-state index contributed by atoms with van der Waals surface area (Å²) in [7, 11) is 1.80. The Labute approximate surface area is 127 Å². The molecule has 1 aliphatic rings. The largest absolute Gasteiger partial charge is 0.387 e. The van der Waals surface area contributed by atoms with E-state index in [0.29, 0.717) is 17.1 Å². The summed E-state index contributed by atoms with van der Waals surface area (Å²) in [4.78, 5) is 12.4. The van der Waals surface area contributed by atoms with Crippen molar-refractivity contribution < 1.29 is 9.90 Å². The van der Waals surface area contributed by atoms with E-state index >= 15 is 0 Å². The Kier molecular flexibility index (Phi) is 3.77. The average molecular weight is 306 g/mol. The van der Waals surface area contributed by atoms with Gasteiger partial charge in [-0.15, -0.1) is 0 Å². The third-order valence-corrected chi connectivity index (χ3v) is 4.90. The number of nitrogens with one attached hydrogen (secondary N) is 1. The van der Waals surface area contributed by atoms with E-state index in [4.69, 9.17) is 0 Å². The lowest BCUT2D eigenvalue weighted by molar-refractivity contribution is 0.0612. The fourth-order valence-electron chi connectivity index (χ4n) is 2.45. The highest BCUT2D eigenvalue weighted by Gasteiger charge is 2.32. The zero-order chi connectivity index (χ0) is 14.9. The molecule has 2 N–H and O–H groups in total. The Morgan fingerprint density at radius 3 is 2.95 bits per heavy atom. The van der Waals surface area contributed by atoms with Crippen LogP contribution in [0.25, 0.3) is 5.82 Å². The van der Waals surface area contributed by atoms with Gasteiger partial charge in [0.2, 0.25) is 0 Å². The summed E-state index contributed by atoms with van der Waals surface area (Å²) in [5, 5.41) is 17.3. The average Bonchev–Trinajstić information content (AvgIpc) is 3.17. The number of amides is 1. The summed E-state index contributed by atoms with van der Waals surface area (Å²) in [5.74, 6) is 2.11. The molecule has 21 heavy (non-hydrogen) atoms. The van der Waals surface area contributed by atoms with Crippen LogP contribution in [-0.4, -0.2) is 49.0 Å². The van der Waals surface area contributed by atoms with E-state index in [0.717, 1.165) is 12.2 Å². The zero-order valence-electron chi connectivity index (χ0n) is 11.8. The minimum Gasteiger partial charge on any atom is -0.387 e. The molecule has 0 spiro atoms. The lowest BCUT2D eigenvalue weighted by Crippen LogP contribution is -2.43. The first-order chi connectivity index (χ1) is 10.1. The molecule has 1 atom stereocenters. The summed E-state index contributed by atoms with van der Waals surface area (Å²) in [6.07, 6.45) is 6.01. The molecule has 2 aromatic rings. The molecule has 0 radical (unpaired) electrons. The number of thioether (sulfide) groups is 1. The van der Waals surface area contributed by atoms with Crippen molar-refractivity contribution in [1.29, 1.82) is 0 Å². The molecule has 1 amide bonds. The maximum absolute atomic E-state index is 12.4. The molecule has 0 bridgehead atoms. The Bertz CT molecular complexity index is 629. The quantitative estimate of drug-likeness (QED) is 0.877. The van der Waals surface area contributed by atoms with Gasteiger partial charge in [-0.2, -0.15) is 16.9 Å². The molecule has 3 rings (SSSR count). The monoisotopic (exact) mass is 306 g/mol. The highest BCUT2D eigenvalue weighted by molar-refractivity contribution is 7.99. The summed E-state index contributed by atoms with van der Waals surface area (Å²) < 4.78 is 3.51. The minimum absolute atomic E-state index is 0.211. The third kappa shape index (κ3) is 2.84.